The smallest absolute Gasteiger partial charge is 0.227 e. The Morgan fingerprint density at radius 3 is 2.57 bits per heavy atom. The Hall–Kier alpha value is -1.95. The molecule has 1 saturated heterocycles. The summed E-state index contributed by atoms with van der Waals surface area (Å²) in [6, 6.07) is 12.2. The fourth-order valence-electron chi connectivity index (χ4n) is 3.91. The van der Waals surface area contributed by atoms with Crippen molar-refractivity contribution in [3.63, 3.8) is 0 Å². The largest absolute Gasteiger partial charge is 0.340 e. The maximum Gasteiger partial charge on any atom is 0.227 e. The predicted octanol–water partition coefficient (Wildman–Crippen LogP) is 4.45. The fourth-order valence-corrected chi connectivity index (χ4v) is 5.04. The van der Waals surface area contributed by atoms with Crippen molar-refractivity contribution < 1.29 is 4.79 Å². The molecule has 28 heavy (non-hydrogen) atoms. The number of para-hydroxylation sites is 1. The van der Waals surface area contributed by atoms with Crippen molar-refractivity contribution in [1.29, 1.82) is 0 Å². The number of nitrogens with zero attached hydrogens (tertiary/aromatic N) is 3. The van der Waals surface area contributed by atoms with Gasteiger partial charge in [0.25, 0.3) is 0 Å². The van der Waals surface area contributed by atoms with E-state index in [2.05, 4.69) is 24.0 Å². The van der Waals surface area contributed by atoms with Gasteiger partial charge in [-0.3, -0.25) is 14.7 Å². The summed E-state index contributed by atoms with van der Waals surface area (Å²) in [6.07, 6.45) is 0.427. The van der Waals surface area contributed by atoms with Gasteiger partial charge in [0.2, 0.25) is 5.91 Å². The molecule has 0 aliphatic carbocycles. The normalized spacial score (nSPS) is 15.3. The molecule has 1 fully saturated rings. The molecule has 6 heteroatoms. The molecular formula is C22H24ClN3OS. The van der Waals surface area contributed by atoms with E-state index in [1.54, 1.807) is 11.3 Å². The maximum absolute atomic E-state index is 12.9. The molecule has 3 aromatic rings. The molecule has 0 saturated carbocycles. The highest BCUT2D eigenvalue weighted by molar-refractivity contribution is 7.16. The van der Waals surface area contributed by atoms with Gasteiger partial charge in [-0.25, -0.2) is 0 Å². The van der Waals surface area contributed by atoms with Crippen molar-refractivity contribution in [1.82, 2.24) is 14.8 Å². The molecule has 0 unspecified atom stereocenters. The number of carbonyl (C=O) groups is 1. The lowest BCUT2D eigenvalue weighted by Gasteiger charge is -2.34. The molecule has 0 atom stereocenters. The minimum atomic E-state index is 0.196. The van der Waals surface area contributed by atoms with Crippen LogP contribution in [0.25, 0.3) is 10.9 Å². The van der Waals surface area contributed by atoms with Crippen LogP contribution < -0.4 is 0 Å². The van der Waals surface area contributed by atoms with Crippen LogP contribution in [0.3, 0.4) is 0 Å². The van der Waals surface area contributed by atoms with Crippen LogP contribution in [-0.4, -0.2) is 46.9 Å². The van der Waals surface area contributed by atoms with Crippen LogP contribution in [-0.2, 0) is 17.8 Å². The number of benzene rings is 1. The molecule has 1 aliphatic heterocycles. The second-order valence-corrected chi connectivity index (χ2v) is 9.16. The van der Waals surface area contributed by atoms with Crippen molar-refractivity contribution in [2.45, 2.75) is 26.8 Å². The van der Waals surface area contributed by atoms with Crippen molar-refractivity contribution >= 4 is 39.7 Å². The zero-order valence-corrected chi connectivity index (χ0v) is 17.8. The second kappa shape index (κ2) is 8.19. The van der Waals surface area contributed by atoms with Gasteiger partial charge in [0.15, 0.2) is 0 Å². The number of hydrogen-bond acceptors (Lipinski definition) is 4. The molecule has 2 aromatic heterocycles. The number of aromatic nitrogens is 1. The van der Waals surface area contributed by atoms with Gasteiger partial charge in [-0.05, 0) is 43.2 Å². The molecule has 1 amide bonds. The minimum Gasteiger partial charge on any atom is -0.340 e. The lowest BCUT2D eigenvalue weighted by atomic mass is 9.99. The first-order chi connectivity index (χ1) is 13.5. The van der Waals surface area contributed by atoms with Crippen molar-refractivity contribution in [2.75, 3.05) is 26.2 Å². The number of piperazine rings is 1. The highest BCUT2D eigenvalue weighted by Gasteiger charge is 2.23. The van der Waals surface area contributed by atoms with Crippen LogP contribution in [0.4, 0.5) is 0 Å². The first-order valence-corrected chi connectivity index (χ1v) is 10.8. The summed E-state index contributed by atoms with van der Waals surface area (Å²) in [7, 11) is 0. The number of fused-ring (bicyclic) bond motifs is 1. The van der Waals surface area contributed by atoms with Gasteiger partial charge in [0.1, 0.15) is 0 Å². The topological polar surface area (TPSA) is 36.4 Å². The van der Waals surface area contributed by atoms with Gasteiger partial charge in [0, 0.05) is 48.7 Å². The molecule has 0 radical (unpaired) electrons. The highest BCUT2D eigenvalue weighted by Crippen LogP contribution is 2.25. The van der Waals surface area contributed by atoms with E-state index in [1.807, 2.05) is 36.1 Å². The minimum absolute atomic E-state index is 0.196. The van der Waals surface area contributed by atoms with E-state index in [1.165, 1.54) is 10.4 Å². The summed E-state index contributed by atoms with van der Waals surface area (Å²) in [5.41, 5.74) is 4.19. The number of thiophene rings is 1. The Bertz CT molecular complexity index is 1010. The maximum atomic E-state index is 12.9. The molecule has 3 heterocycles. The van der Waals surface area contributed by atoms with Gasteiger partial charge in [-0.15, -0.1) is 11.3 Å². The van der Waals surface area contributed by atoms with Gasteiger partial charge in [-0.1, -0.05) is 29.8 Å². The SMILES string of the molecule is Cc1nc2ccccc2c(C)c1CC(=O)N1CCN(Cc2ccc(Cl)s2)CC1. The number of amides is 1. The van der Waals surface area contributed by atoms with E-state index in [0.717, 1.165) is 59.2 Å². The van der Waals surface area contributed by atoms with Gasteiger partial charge in [0.05, 0.1) is 16.3 Å². The van der Waals surface area contributed by atoms with E-state index in [-0.39, 0.29) is 5.91 Å². The molecule has 1 aromatic carbocycles. The third kappa shape index (κ3) is 4.07. The number of halogens is 1. The second-order valence-electron chi connectivity index (χ2n) is 7.36. The third-order valence-corrected chi connectivity index (χ3v) is 6.76. The molecule has 146 valence electrons. The van der Waals surface area contributed by atoms with Gasteiger partial charge < -0.3 is 4.90 Å². The number of pyridine rings is 1. The van der Waals surface area contributed by atoms with Gasteiger partial charge in [-0.2, -0.15) is 0 Å². The Labute approximate surface area is 174 Å². The monoisotopic (exact) mass is 413 g/mol. The summed E-state index contributed by atoms with van der Waals surface area (Å²) in [5.74, 6) is 0.196. The standard InChI is InChI=1S/C22H24ClN3OS/c1-15-18-5-3-4-6-20(18)24-16(2)19(15)13-22(27)26-11-9-25(10-12-26)14-17-7-8-21(23)28-17/h3-8H,9-14H2,1-2H3. The van der Waals surface area contributed by atoms with Crippen molar-refractivity contribution in [2.24, 2.45) is 0 Å². The van der Waals surface area contributed by atoms with Crippen LogP contribution in [0.1, 0.15) is 21.7 Å². The number of rotatable bonds is 4. The predicted molar refractivity (Wildman–Crippen MR) is 116 cm³/mol. The van der Waals surface area contributed by atoms with E-state index < -0.39 is 0 Å². The first kappa shape index (κ1) is 19.4. The summed E-state index contributed by atoms with van der Waals surface area (Å²) in [5, 5.41) is 1.13. The van der Waals surface area contributed by atoms with E-state index >= 15 is 0 Å². The van der Waals surface area contributed by atoms with E-state index in [4.69, 9.17) is 16.6 Å². The quantitative estimate of drug-likeness (QED) is 0.633. The Morgan fingerprint density at radius 1 is 1.11 bits per heavy atom. The summed E-state index contributed by atoms with van der Waals surface area (Å²) in [4.78, 5) is 23.3. The lowest BCUT2D eigenvalue weighted by molar-refractivity contribution is -0.132. The Balaban J connectivity index is 1.40. The molecule has 4 nitrogen and oxygen atoms in total. The Morgan fingerprint density at radius 2 is 1.86 bits per heavy atom. The van der Waals surface area contributed by atoms with Crippen LogP contribution in [0, 0.1) is 13.8 Å². The molecule has 0 spiro atoms. The number of carbonyl (C=O) groups excluding carboxylic acids is 1. The van der Waals surface area contributed by atoms with Gasteiger partial charge >= 0.3 is 0 Å². The average Bonchev–Trinajstić information content (AvgIpc) is 3.10. The highest BCUT2D eigenvalue weighted by atomic mass is 35.5. The summed E-state index contributed by atoms with van der Waals surface area (Å²) >= 11 is 7.65. The van der Waals surface area contributed by atoms with Crippen LogP contribution in [0.2, 0.25) is 4.34 Å². The first-order valence-electron chi connectivity index (χ1n) is 9.60. The third-order valence-electron chi connectivity index (χ3n) is 5.55. The lowest BCUT2D eigenvalue weighted by Crippen LogP contribution is -2.48. The summed E-state index contributed by atoms with van der Waals surface area (Å²) < 4.78 is 0.832. The molecule has 0 N–H and O–H groups in total. The zero-order valence-electron chi connectivity index (χ0n) is 16.2. The van der Waals surface area contributed by atoms with Crippen LogP contribution >= 0.6 is 22.9 Å². The Kier molecular flexibility index (Phi) is 5.67. The summed E-state index contributed by atoms with van der Waals surface area (Å²) in [6.45, 7) is 8.36. The average molecular weight is 414 g/mol. The van der Waals surface area contributed by atoms with Crippen LogP contribution in [0.15, 0.2) is 36.4 Å². The number of hydrogen-bond donors (Lipinski definition) is 0. The van der Waals surface area contributed by atoms with Crippen molar-refractivity contribution in [3.8, 4) is 0 Å². The van der Waals surface area contributed by atoms with Crippen LogP contribution in [0.5, 0.6) is 0 Å². The molecule has 0 bridgehead atoms. The van der Waals surface area contributed by atoms with E-state index in [0.29, 0.717) is 6.42 Å². The fraction of sp³-hybridized carbons (Fsp3) is 0.364. The van der Waals surface area contributed by atoms with E-state index in [9.17, 15) is 4.79 Å². The van der Waals surface area contributed by atoms with Crippen molar-refractivity contribution in [3.05, 3.63) is 62.4 Å². The molecule has 1 aliphatic rings. The molecule has 4 rings (SSSR count). The molecular weight excluding hydrogens is 390 g/mol. The zero-order chi connectivity index (χ0) is 19.7. The number of aryl methyl sites for hydroxylation is 2.